The molecule has 2 atom stereocenters. The van der Waals surface area contributed by atoms with E-state index in [1.54, 1.807) is 31.3 Å². The maximum Gasteiger partial charge on any atom is 0.416 e. The Labute approximate surface area is 120 Å². The third-order valence-corrected chi connectivity index (χ3v) is 2.90. The Hall–Kier alpha value is -2.08. The number of nitrogens with two attached hydrogens (primary N) is 1. The maximum atomic E-state index is 12.5. The molecule has 0 saturated carbocycles. The van der Waals surface area contributed by atoms with Gasteiger partial charge in [0, 0.05) is 12.2 Å². The fourth-order valence-electron chi connectivity index (χ4n) is 1.85. The molecule has 1 aromatic heterocycles. The predicted molar refractivity (Wildman–Crippen MR) is 72.7 cm³/mol. The maximum absolute atomic E-state index is 12.5. The molecule has 0 aliphatic heterocycles. The summed E-state index contributed by atoms with van der Waals surface area (Å²) in [4.78, 5) is 4.17. The van der Waals surface area contributed by atoms with E-state index in [2.05, 4.69) is 4.98 Å². The van der Waals surface area contributed by atoms with Crippen LogP contribution >= 0.6 is 0 Å². The van der Waals surface area contributed by atoms with Gasteiger partial charge < -0.3 is 10.5 Å². The molecule has 0 saturated heterocycles. The number of ether oxygens (including phenoxy) is 1. The molecule has 0 radical (unpaired) electrons. The summed E-state index contributed by atoms with van der Waals surface area (Å²) in [5.41, 5.74) is 5.78. The molecular formula is C15H15F3N2O. The molecule has 112 valence electrons. The van der Waals surface area contributed by atoms with E-state index >= 15 is 0 Å². The first-order valence-corrected chi connectivity index (χ1v) is 6.38. The van der Waals surface area contributed by atoms with E-state index in [-0.39, 0.29) is 6.04 Å². The van der Waals surface area contributed by atoms with E-state index in [1.807, 2.05) is 0 Å². The number of nitrogens with zero attached hydrogens (tertiary/aromatic N) is 1. The van der Waals surface area contributed by atoms with Crippen molar-refractivity contribution in [3.8, 4) is 5.75 Å². The van der Waals surface area contributed by atoms with Crippen molar-refractivity contribution < 1.29 is 17.9 Å². The average molecular weight is 296 g/mol. The van der Waals surface area contributed by atoms with Crippen LogP contribution in [0.5, 0.6) is 5.75 Å². The highest BCUT2D eigenvalue weighted by Gasteiger charge is 2.30. The third kappa shape index (κ3) is 3.95. The van der Waals surface area contributed by atoms with Crippen molar-refractivity contribution in [1.29, 1.82) is 0 Å². The molecule has 2 aromatic rings. The number of hydrogen-bond acceptors (Lipinski definition) is 3. The third-order valence-electron chi connectivity index (χ3n) is 2.90. The van der Waals surface area contributed by atoms with Crippen LogP contribution < -0.4 is 10.5 Å². The van der Waals surface area contributed by atoms with Gasteiger partial charge in [0.25, 0.3) is 0 Å². The predicted octanol–water partition coefficient (Wildman–Crippen LogP) is 3.57. The lowest BCUT2D eigenvalue weighted by Gasteiger charge is -2.22. The summed E-state index contributed by atoms with van der Waals surface area (Å²) in [6.45, 7) is 1.75. The number of alkyl halides is 3. The second-order valence-electron chi connectivity index (χ2n) is 4.67. The fraction of sp³-hybridized carbons (Fsp3) is 0.267. The van der Waals surface area contributed by atoms with E-state index in [9.17, 15) is 13.2 Å². The van der Waals surface area contributed by atoms with Gasteiger partial charge in [-0.05, 0) is 43.3 Å². The molecule has 0 aliphatic carbocycles. The van der Waals surface area contributed by atoms with Crippen LogP contribution in [0.25, 0.3) is 0 Å². The monoisotopic (exact) mass is 296 g/mol. The van der Waals surface area contributed by atoms with Crippen molar-refractivity contribution in [2.45, 2.75) is 25.2 Å². The van der Waals surface area contributed by atoms with Crippen molar-refractivity contribution in [3.63, 3.8) is 0 Å². The van der Waals surface area contributed by atoms with Crippen molar-refractivity contribution in [2.24, 2.45) is 5.73 Å². The number of benzene rings is 1. The molecule has 2 rings (SSSR count). The van der Waals surface area contributed by atoms with Gasteiger partial charge in [0.15, 0.2) is 6.10 Å². The largest absolute Gasteiger partial charge is 0.483 e. The van der Waals surface area contributed by atoms with Crippen LogP contribution in [0, 0.1) is 0 Å². The molecule has 0 amide bonds. The minimum Gasteiger partial charge on any atom is -0.483 e. The number of rotatable bonds is 4. The molecule has 0 bridgehead atoms. The molecule has 0 aliphatic rings. The normalized spacial score (nSPS) is 14.5. The minimum atomic E-state index is -4.36. The lowest BCUT2D eigenvalue weighted by atomic mass is 10.1. The lowest BCUT2D eigenvalue weighted by Crippen LogP contribution is -2.29. The molecular weight excluding hydrogens is 281 g/mol. The van der Waals surface area contributed by atoms with Gasteiger partial charge in [-0.25, -0.2) is 0 Å². The highest BCUT2D eigenvalue weighted by atomic mass is 19.4. The Morgan fingerprint density at radius 2 is 1.76 bits per heavy atom. The van der Waals surface area contributed by atoms with Gasteiger partial charge in [-0.1, -0.05) is 6.07 Å². The molecule has 3 nitrogen and oxygen atoms in total. The highest BCUT2D eigenvalue weighted by molar-refractivity contribution is 5.29. The van der Waals surface area contributed by atoms with Gasteiger partial charge in [0.05, 0.1) is 11.3 Å². The van der Waals surface area contributed by atoms with Gasteiger partial charge in [-0.2, -0.15) is 13.2 Å². The molecule has 1 heterocycles. The molecule has 2 N–H and O–H groups in total. The van der Waals surface area contributed by atoms with Crippen LogP contribution in [0.15, 0.2) is 48.7 Å². The van der Waals surface area contributed by atoms with E-state index in [0.29, 0.717) is 11.4 Å². The van der Waals surface area contributed by atoms with Crippen molar-refractivity contribution in [2.75, 3.05) is 0 Å². The van der Waals surface area contributed by atoms with Crippen LogP contribution in [-0.2, 0) is 6.18 Å². The number of aromatic nitrogens is 1. The van der Waals surface area contributed by atoms with Gasteiger partial charge in [0.1, 0.15) is 5.75 Å². The van der Waals surface area contributed by atoms with Crippen molar-refractivity contribution in [1.82, 2.24) is 4.98 Å². The Bertz CT molecular complexity index is 568. The van der Waals surface area contributed by atoms with Crippen LogP contribution in [0.2, 0.25) is 0 Å². The average Bonchev–Trinajstić information content (AvgIpc) is 2.45. The highest BCUT2D eigenvalue weighted by Crippen LogP contribution is 2.31. The zero-order valence-corrected chi connectivity index (χ0v) is 11.3. The Morgan fingerprint density at radius 3 is 2.24 bits per heavy atom. The minimum absolute atomic E-state index is 0.316. The quantitative estimate of drug-likeness (QED) is 0.938. The van der Waals surface area contributed by atoms with E-state index in [0.717, 1.165) is 12.1 Å². The summed E-state index contributed by atoms with van der Waals surface area (Å²) in [5, 5.41) is 0. The van der Waals surface area contributed by atoms with Gasteiger partial charge in [0.2, 0.25) is 0 Å². The van der Waals surface area contributed by atoms with Crippen LogP contribution in [0.4, 0.5) is 13.2 Å². The summed E-state index contributed by atoms with van der Waals surface area (Å²) >= 11 is 0. The zero-order valence-electron chi connectivity index (χ0n) is 11.3. The Kier molecular flexibility index (Phi) is 4.47. The summed E-state index contributed by atoms with van der Waals surface area (Å²) in [7, 11) is 0. The van der Waals surface area contributed by atoms with Gasteiger partial charge in [-0.3, -0.25) is 4.98 Å². The second kappa shape index (κ2) is 6.13. The first-order valence-electron chi connectivity index (χ1n) is 6.38. The topological polar surface area (TPSA) is 48.1 Å². The smallest absolute Gasteiger partial charge is 0.416 e. The lowest BCUT2D eigenvalue weighted by molar-refractivity contribution is -0.137. The molecule has 0 spiro atoms. The number of halogens is 3. The molecule has 6 heteroatoms. The van der Waals surface area contributed by atoms with Gasteiger partial charge >= 0.3 is 6.18 Å². The van der Waals surface area contributed by atoms with E-state index in [4.69, 9.17) is 10.5 Å². The zero-order chi connectivity index (χ0) is 15.5. The van der Waals surface area contributed by atoms with Crippen molar-refractivity contribution >= 4 is 0 Å². The fourth-order valence-corrected chi connectivity index (χ4v) is 1.85. The van der Waals surface area contributed by atoms with Gasteiger partial charge in [-0.15, -0.1) is 0 Å². The van der Waals surface area contributed by atoms with Crippen LogP contribution in [0.3, 0.4) is 0 Å². The standard InChI is InChI=1S/C15H15F3N2O/c1-10(19)14(13-4-2-3-9-20-13)21-12-7-5-11(6-8-12)15(16,17)18/h2-10,14H,19H2,1H3. The van der Waals surface area contributed by atoms with Crippen LogP contribution in [0.1, 0.15) is 24.3 Å². The van der Waals surface area contributed by atoms with E-state index in [1.165, 1.54) is 12.1 Å². The summed E-state index contributed by atoms with van der Waals surface area (Å²) in [5.74, 6) is 0.316. The Balaban J connectivity index is 2.18. The summed E-state index contributed by atoms with van der Waals surface area (Å²) in [6, 6.07) is 9.48. The Morgan fingerprint density at radius 1 is 1.10 bits per heavy atom. The molecule has 21 heavy (non-hydrogen) atoms. The first kappa shape index (κ1) is 15.3. The molecule has 1 aromatic carbocycles. The van der Waals surface area contributed by atoms with E-state index < -0.39 is 17.8 Å². The summed E-state index contributed by atoms with van der Waals surface area (Å²) in [6.07, 6.45) is -3.27. The first-order chi connectivity index (χ1) is 9.88. The number of hydrogen-bond donors (Lipinski definition) is 1. The SMILES string of the molecule is CC(N)C(Oc1ccc(C(F)(F)F)cc1)c1ccccn1. The van der Waals surface area contributed by atoms with Crippen LogP contribution in [-0.4, -0.2) is 11.0 Å². The second-order valence-corrected chi connectivity index (χ2v) is 4.67. The number of pyridine rings is 1. The van der Waals surface area contributed by atoms with Crippen molar-refractivity contribution in [3.05, 3.63) is 59.9 Å². The summed E-state index contributed by atoms with van der Waals surface area (Å²) < 4.78 is 43.2. The molecule has 0 fully saturated rings. The molecule has 2 unspecified atom stereocenters.